The summed E-state index contributed by atoms with van der Waals surface area (Å²) in [6.45, 7) is 2.16. The van der Waals surface area contributed by atoms with Gasteiger partial charge in [0.05, 0.1) is 0 Å². The molecule has 0 radical (unpaired) electrons. The Morgan fingerprint density at radius 2 is 2.19 bits per heavy atom. The average Bonchev–Trinajstić information content (AvgIpc) is 2.95. The van der Waals surface area contributed by atoms with Crippen LogP contribution in [-0.2, 0) is 16.0 Å². The number of nitriles is 1. The van der Waals surface area contributed by atoms with E-state index >= 15 is 0 Å². The molecule has 4 rings (SSSR count). The van der Waals surface area contributed by atoms with Gasteiger partial charge in [-0.05, 0) is 0 Å². The number of aromatic hydroxyl groups is 1. The number of fused-ring (bicyclic) bond motifs is 5. The third kappa shape index (κ3) is 3.07. The van der Waals surface area contributed by atoms with Gasteiger partial charge in [0.25, 0.3) is 0 Å². The molecule has 0 spiro atoms. The van der Waals surface area contributed by atoms with Gasteiger partial charge >= 0.3 is 166 Å². The molecule has 2 fully saturated rings. The predicted octanol–water partition coefficient (Wildman–Crippen LogP) is 3.36. The number of ketones is 1. The number of hydrogen-bond acceptors (Lipinski definition) is 4. The molecule has 4 atom stereocenters. The number of nitrogens with zero attached hydrogens (tertiary/aromatic N) is 1. The van der Waals surface area contributed by atoms with E-state index in [0.29, 0.717) is 29.2 Å². The number of amides is 1. The van der Waals surface area contributed by atoms with Crippen LogP contribution in [0.2, 0.25) is 5.32 Å². The Hall–Kier alpha value is -1.83. The van der Waals surface area contributed by atoms with Crippen molar-refractivity contribution in [1.29, 1.82) is 5.26 Å². The molecular weight excluding hydrogens is 407 g/mol. The molecule has 27 heavy (non-hydrogen) atoms. The van der Waals surface area contributed by atoms with Crippen LogP contribution in [0.15, 0.2) is 12.1 Å². The number of phenolic OH excluding ortho intramolecular Hbond substituents is 1. The van der Waals surface area contributed by atoms with Gasteiger partial charge in [-0.25, -0.2) is 0 Å². The van der Waals surface area contributed by atoms with Gasteiger partial charge in [-0.15, -0.1) is 0 Å². The molecule has 5 nitrogen and oxygen atoms in total. The topological polar surface area (TPSA) is 90.2 Å². The number of carbonyl (C=O) groups is 2. The van der Waals surface area contributed by atoms with Crippen molar-refractivity contribution in [2.75, 3.05) is 5.32 Å². The fourth-order valence-corrected chi connectivity index (χ4v) is 6.33. The van der Waals surface area contributed by atoms with E-state index in [-0.39, 0.29) is 37.3 Å². The quantitative estimate of drug-likeness (QED) is 0.567. The molecule has 6 heteroatoms. The van der Waals surface area contributed by atoms with Gasteiger partial charge < -0.3 is 0 Å². The Bertz CT molecular complexity index is 847. The van der Waals surface area contributed by atoms with Gasteiger partial charge in [0, 0.05) is 0 Å². The van der Waals surface area contributed by atoms with E-state index < -0.39 is 0 Å². The second kappa shape index (κ2) is 6.96. The Kier molecular flexibility index (Phi) is 4.78. The number of benzene rings is 1. The van der Waals surface area contributed by atoms with E-state index in [4.69, 9.17) is 5.26 Å². The molecule has 3 aliphatic carbocycles. The molecule has 0 heterocycles. The molecule has 0 unspecified atom stereocenters. The van der Waals surface area contributed by atoms with Crippen molar-refractivity contribution < 1.29 is 14.7 Å². The Morgan fingerprint density at radius 3 is 2.96 bits per heavy atom. The van der Waals surface area contributed by atoms with Crippen LogP contribution in [0.5, 0.6) is 5.75 Å². The summed E-state index contributed by atoms with van der Waals surface area (Å²) in [6.07, 6.45) is 5.63. The van der Waals surface area contributed by atoms with Crippen LogP contribution in [-0.4, -0.2) is 31.8 Å². The first kappa shape index (κ1) is 18.5. The van der Waals surface area contributed by atoms with E-state index in [1.807, 2.05) is 11.0 Å². The van der Waals surface area contributed by atoms with Crippen LogP contribution < -0.4 is 5.32 Å². The monoisotopic (exact) mass is 432 g/mol. The Balaban J connectivity index is 1.62. The van der Waals surface area contributed by atoms with E-state index in [0.717, 1.165) is 38.5 Å². The molecule has 3 aliphatic rings. The van der Waals surface area contributed by atoms with E-state index in [1.165, 1.54) is 11.1 Å². The van der Waals surface area contributed by atoms with Crippen LogP contribution in [0.25, 0.3) is 0 Å². The summed E-state index contributed by atoms with van der Waals surface area (Å²) in [7, 11) is 0. The maximum atomic E-state index is 12.5. The second-order valence-corrected chi connectivity index (χ2v) is 9.92. The van der Waals surface area contributed by atoms with E-state index in [9.17, 15) is 14.7 Å². The first-order chi connectivity index (χ1) is 12.9. The number of nitrogens with one attached hydrogen (secondary N) is 1. The number of carbonyl (C=O) groups excluding carboxylic acids is 2. The fourth-order valence-electron chi connectivity index (χ4n) is 5.76. The van der Waals surface area contributed by atoms with E-state index in [1.54, 1.807) is 6.07 Å². The van der Waals surface area contributed by atoms with Gasteiger partial charge in [-0.3, -0.25) is 0 Å². The maximum absolute atomic E-state index is 12.5. The van der Waals surface area contributed by atoms with Gasteiger partial charge in [-0.2, -0.15) is 0 Å². The number of anilines is 1. The molecule has 0 saturated heterocycles. The standard InChI is InChI=1S/C21H24N2O3Se/c1-21-7-6-13-14(16(21)4-5-19(21)25)3-2-12-8-18(24)17(9-15(12)13)23-20(26)10-27-11-22/h8-9,13-14,16,24H,2-7,10H2,1H3,(H,23,26)/t13-,14+,16-,21-/m0/s1. The summed E-state index contributed by atoms with van der Waals surface area (Å²) < 4.78 is 0. The summed E-state index contributed by atoms with van der Waals surface area (Å²) in [5, 5.41) is 22.0. The van der Waals surface area contributed by atoms with Gasteiger partial charge in [0.2, 0.25) is 0 Å². The second-order valence-electron chi connectivity index (χ2n) is 8.33. The minimum absolute atomic E-state index is 0.0988. The fraction of sp³-hybridized carbons (Fsp3) is 0.571. The summed E-state index contributed by atoms with van der Waals surface area (Å²) in [5.41, 5.74) is 2.70. The zero-order chi connectivity index (χ0) is 19.2. The van der Waals surface area contributed by atoms with Crippen molar-refractivity contribution in [1.82, 2.24) is 0 Å². The molecule has 142 valence electrons. The average molecular weight is 431 g/mol. The third-order valence-corrected chi connectivity index (χ3v) is 8.22. The van der Waals surface area contributed by atoms with Crippen LogP contribution in [0.4, 0.5) is 5.69 Å². The molecule has 1 aromatic rings. The summed E-state index contributed by atoms with van der Waals surface area (Å²) in [6, 6.07) is 3.74. The Labute approximate surface area is 165 Å². The summed E-state index contributed by atoms with van der Waals surface area (Å²) >= 11 is -0.373. The molecule has 1 aromatic carbocycles. The number of hydrogen-bond donors (Lipinski definition) is 2. The SMILES string of the molecule is C[C@]12CC[C@@H]3c4cc(NC(=O)C[Se]C#N)c(O)cc4CC[C@H]3[C@@H]1CCC2=O. The minimum atomic E-state index is -0.373. The van der Waals surface area contributed by atoms with E-state index in [2.05, 4.69) is 12.2 Å². The van der Waals surface area contributed by atoms with Crippen molar-refractivity contribution >= 4 is 32.3 Å². The van der Waals surface area contributed by atoms with Gasteiger partial charge in [0.1, 0.15) is 0 Å². The number of aryl methyl sites for hydroxylation is 1. The number of phenols is 1. The molecule has 2 N–H and O–H groups in total. The molecule has 2 saturated carbocycles. The molecule has 1 amide bonds. The molecule has 0 bridgehead atoms. The van der Waals surface area contributed by atoms with Crippen LogP contribution >= 0.6 is 0 Å². The van der Waals surface area contributed by atoms with Gasteiger partial charge in [-0.1, -0.05) is 0 Å². The Morgan fingerprint density at radius 1 is 1.37 bits per heavy atom. The number of rotatable bonds is 3. The predicted molar refractivity (Wildman–Crippen MR) is 103 cm³/mol. The normalized spacial score (nSPS) is 31.4. The van der Waals surface area contributed by atoms with Crippen molar-refractivity contribution in [3.63, 3.8) is 0 Å². The first-order valence-electron chi connectivity index (χ1n) is 9.64. The van der Waals surface area contributed by atoms with Crippen molar-refractivity contribution in [3.05, 3.63) is 23.3 Å². The summed E-state index contributed by atoms with van der Waals surface area (Å²) in [4.78, 5) is 26.5. The van der Waals surface area contributed by atoms with Crippen LogP contribution in [0.3, 0.4) is 0 Å². The zero-order valence-electron chi connectivity index (χ0n) is 15.5. The molecule has 0 aliphatic heterocycles. The molecular formula is C21H24N2O3Se. The van der Waals surface area contributed by atoms with Gasteiger partial charge in [0.15, 0.2) is 0 Å². The first-order valence-corrected chi connectivity index (χ1v) is 11.7. The number of Topliss-reactive ketones (excluding diaryl/α,β-unsaturated/α-hetero) is 1. The zero-order valence-corrected chi connectivity index (χ0v) is 17.2. The third-order valence-electron chi connectivity index (χ3n) is 7.09. The van der Waals surface area contributed by atoms with Crippen molar-refractivity contribution in [3.8, 4) is 10.7 Å². The van der Waals surface area contributed by atoms with Crippen molar-refractivity contribution in [2.24, 2.45) is 17.3 Å². The van der Waals surface area contributed by atoms with Crippen molar-refractivity contribution in [2.45, 2.75) is 56.7 Å². The summed E-state index contributed by atoms with van der Waals surface area (Å²) in [5.74, 6) is 1.69. The van der Waals surface area contributed by atoms with Crippen LogP contribution in [0, 0.1) is 27.5 Å². The molecule has 0 aromatic heterocycles. The van der Waals surface area contributed by atoms with Crippen LogP contribution in [0.1, 0.15) is 56.1 Å².